The molecule has 2 N–H and O–H groups in total. The van der Waals surface area contributed by atoms with Crippen LogP contribution >= 0.6 is 0 Å². The van der Waals surface area contributed by atoms with Gasteiger partial charge in [-0.1, -0.05) is 18.2 Å². The minimum Gasteiger partial charge on any atom is -0.368 e. The zero-order valence-electron chi connectivity index (χ0n) is 18.0. The number of rotatable bonds is 6. The van der Waals surface area contributed by atoms with E-state index in [1.807, 2.05) is 24.3 Å². The van der Waals surface area contributed by atoms with Gasteiger partial charge < -0.3 is 4.90 Å². The summed E-state index contributed by atoms with van der Waals surface area (Å²) in [6, 6.07) is 13.9. The maximum absolute atomic E-state index is 12.7. The van der Waals surface area contributed by atoms with Crippen molar-refractivity contribution in [2.45, 2.75) is 25.9 Å². The highest BCUT2D eigenvalue weighted by Crippen LogP contribution is 2.23. The fourth-order valence-electron chi connectivity index (χ4n) is 3.58. The van der Waals surface area contributed by atoms with Crippen LogP contribution in [0.1, 0.15) is 35.6 Å². The summed E-state index contributed by atoms with van der Waals surface area (Å²) in [5.41, 5.74) is 4.34. The van der Waals surface area contributed by atoms with Crippen LogP contribution in [0.25, 0.3) is 12.2 Å². The Balaban J connectivity index is 1.71. The molecule has 1 fully saturated rings. The van der Waals surface area contributed by atoms with Crippen molar-refractivity contribution in [3.63, 3.8) is 0 Å². The first-order chi connectivity index (χ1) is 14.9. The minimum atomic E-state index is -0.637. The van der Waals surface area contributed by atoms with Gasteiger partial charge in [0.05, 0.1) is 11.4 Å². The van der Waals surface area contributed by atoms with Crippen LogP contribution in [-0.2, 0) is 4.79 Å². The van der Waals surface area contributed by atoms with E-state index in [1.54, 1.807) is 24.3 Å². The predicted molar refractivity (Wildman–Crippen MR) is 122 cm³/mol. The Hall–Kier alpha value is -3.29. The third kappa shape index (κ3) is 5.87. The molecule has 2 atom stereocenters. The summed E-state index contributed by atoms with van der Waals surface area (Å²) in [5, 5.41) is 8.54. The molecule has 0 spiro atoms. The van der Waals surface area contributed by atoms with E-state index in [1.165, 1.54) is 23.7 Å². The Kier molecular flexibility index (Phi) is 7.33. The number of carbonyl (C=O) groups excluding carboxylic acids is 2. The third-order valence-electron chi connectivity index (χ3n) is 5.57. The van der Waals surface area contributed by atoms with E-state index < -0.39 is 5.91 Å². The van der Waals surface area contributed by atoms with Crippen molar-refractivity contribution in [2.75, 3.05) is 25.0 Å². The molecule has 31 heavy (non-hydrogen) atoms. The van der Waals surface area contributed by atoms with Crippen LogP contribution in [0.2, 0.25) is 0 Å². The smallest absolute Gasteiger partial charge is 0.267 e. The van der Waals surface area contributed by atoms with Crippen molar-refractivity contribution in [3.05, 3.63) is 71.6 Å². The van der Waals surface area contributed by atoms with Gasteiger partial charge >= 0.3 is 0 Å². The molecule has 2 heterocycles. The van der Waals surface area contributed by atoms with E-state index in [0.29, 0.717) is 29.0 Å². The lowest BCUT2D eigenvalue weighted by Gasteiger charge is -2.43. The maximum atomic E-state index is 12.7. The lowest BCUT2D eigenvalue weighted by Crippen LogP contribution is -2.55. The molecule has 1 saturated heterocycles. The summed E-state index contributed by atoms with van der Waals surface area (Å²) >= 11 is 0. The standard InChI is InChI=1S/C24H28N4O3/c1-17-15-28(16-18(2)27(17)3)22-9-4-6-19(14-22)23(29)12-10-20-7-5-8-21(25-20)11-13-24(30)26-31/h4-14,17-18,31H,15-16H2,1-3H3,(H,26,30)/t17-,18+. The third-order valence-corrected chi connectivity index (χ3v) is 5.57. The molecule has 1 aliphatic rings. The summed E-state index contributed by atoms with van der Waals surface area (Å²) in [7, 11) is 2.15. The van der Waals surface area contributed by atoms with Gasteiger partial charge in [0.25, 0.3) is 5.91 Å². The van der Waals surface area contributed by atoms with Crippen LogP contribution in [0.3, 0.4) is 0 Å². The molecule has 7 heteroatoms. The average Bonchev–Trinajstić information content (AvgIpc) is 2.79. The molecule has 1 amide bonds. The second-order valence-corrected chi connectivity index (χ2v) is 7.81. The summed E-state index contributed by atoms with van der Waals surface area (Å²) < 4.78 is 0. The molecular weight excluding hydrogens is 392 g/mol. The number of allylic oxidation sites excluding steroid dienone is 1. The number of piperazine rings is 1. The van der Waals surface area contributed by atoms with E-state index >= 15 is 0 Å². The Bertz CT molecular complexity index is 990. The van der Waals surface area contributed by atoms with Crippen LogP contribution in [-0.4, -0.2) is 59.0 Å². The summed E-state index contributed by atoms with van der Waals surface area (Å²) in [5.74, 6) is -0.735. The first-order valence-corrected chi connectivity index (χ1v) is 10.3. The number of amides is 1. The Labute approximate surface area is 182 Å². The predicted octanol–water partition coefficient (Wildman–Crippen LogP) is 3.03. The van der Waals surface area contributed by atoms with Crippen LogP contribution in [0.4, 0.5) is 5.69 Å². The molecule has 162 valence electrons. The average molecular weight is 421 g/mol. The topological polar surface area (TPSA) is 85.8 Å². The molecule has 0 unspecified atom stereocenters. The maximum Gasteiger partial charge on any atom is 0.267 e. The van der Waals surface area contributed by atoms with Gasteiger partial charge in [0.15, 0.2) is 5.78 Å². The van der Waals surface area contributed by atoms with Gasteiger partial charge in [0, 0.05) is 42.5 Å². The van der Waals surface area contributed by atoms with Crippen molar-refractivity contribution in [1.82, 2.24) is 15.4 Å². The molecule has 3 rings (SSSR count). The number of hydrogen-bond donors (Lipinski definition) is 2. The number of nitrogens with one attached hydrogen (secondary N) is 1. The molecule has 2 aromatic rings. The normalized spacial score (nSPS) is 19.8. The van der Waals surface area contributed by atoms with Crippen LogP contribution < -0.4 is 10.4 Å². The quantitative estimate of drug-likeness (QED) is 0.323. The van der Waals surface area contributed by atoms with Gasteiger partial charge in [-0.2, -0.15) is 0 Å². The van der Waals surface area contributed by atoms with Gasteiger partial charge in [0.1, 0.15) is 0 Å². The zero-order valence-corrected chi connectivity index (χ0v) is 18.0. The van der Waals surface area contributed by atoms with Crippen molar-refractivity contribution in [1.29, 1.82) is 0 Å². The fourth-order valence-corrected chi connectivity index (χ4v) is 3.58. The Morgan fingerprint density at radius 2 is 1.65 bits per heavy atom. The fraction of sp³-hybridized carbons (Fsp3) is 0.292. The summed E-state index contributed by atoms with van der Waals surface area (Å²) in [4.78, 5) is 32.9. The second kappa shape index (κ2) is 10.1. The van der Waals surface area contributed by atoms with Crippen molar-refractivity contribution >= 4 is 29.5 Å². The lowest BCUT2D eigenvalue weighted by atomic mass is 10.1. The lowest BCUT2D eigenvalue weighted by molar-refractivity contribution is -0.124. The van der Waals surface area contributed by atoms with E-state index in [9.17, 15) is 9.59 Å². The highest BCUT2D eigenvalue weighted by Gasteiger charge is 2.26. The monoisotopic (exact) mass is 420 g/mol. The van der Waals surface area contributed by atoms with E-state index in [-0.39, 0.29) is 5.78 Å². The first kappa shape index (κ1) is 22.4. The SMILES string of the molecule is C[C@@H]1CN(c2cccc(C(=O)C=Cc3cccc(C=CC(=O)NO)n3)c2)C[C@H](C)N1C. The highest BCUT2D eigenvalue weighted by molar-refractivity contribution is 6.07. The van der Waals surface area contributed by atoms with Gasteiger partial charge in [-0.15, -0.1) is 0 Å². The number of nitrogens with zero attached hydrogens (tertiary/aromatic N) is 3. The van der Waals surface area contributed by atoms with E-state index in [2.05, 4.69) is 35.7 Å². The number of hydrogen-bond acceptors (Lipinski definition) is 6. The van der Waals surface area contributed by atoms with E-state index in [4.69, 9.17) is 5.21 Å². The number of likely N-dealkylation sites (N-methyl/N-ethyl adjacent to an activating group) is 1. The van der Waals surface area contributed by atoms with E-state index in [0.717, 1.165) is 18.8 Å². The van der Waals surface area contributed by atoms with Gasteiger partial charge in [-0.05, 0) is 63.4 Å². The number of pyridine rings is 1. The van der Waals surface area contributed by atoms with Crippen LogP contribution in [0.5, 0.6) is 0 Å². The minimum absolute atomic E-state index is 0.0977. The van der Waals surface area contributed by atoms with Crippen LogP contribution in [0.15, 0.2) is 54.6 Å². The van der Waals surface area contributed by atoms with Gasteiger partial charge in [0.2, 0.25) is 0 Å². The number of aromatic nitrogens is 1. The molecule has 0 bridgehead atoms. The number of anilines is 1. The Morgan fingerprint density at radius 1 is 1.03 bits per heavy atom. The number of hydroxylamine groups is 1. The number of benzene rings is 1. The molecule has 0 aliphatic carbocycles. The van der Waals surface area contributed by atoms with Crippen molar-refractivity contribution in [2.24, 2.45) is 0 Å². The molecule has 0 radical (unpaired) electrons. The Morgan fingerprint density at radius 3 is 2.29 bits per heavy atom. The number of carbonyl (C=O) groups is 2. The molecule has 7 nitrogen and oxygen atoms in total. The first-order valence-electron chi connectivity index (χ1n) is 10.3. The molecule has 0 saturated carbocycles. The van der Waals surface area contributed by atoms with Gasteiger partial charge in [-0.3, -0.25) is 19.7 Å². The summed E-state index contributed by atoms with van der Waals surface area (Å²) in [6.45, 7) is 6.28. The van der Waals surface area contributed by atoms with Crippen molar-refractivity contribution in [3.8, 4) is 0 Å². The summed E-state index contributed by atoms with van der Waals surface area (Å²) in [6.07, 6.45) is 5.81. The molecule has 1 aliphatic heterocycles. The number of ketones is 1. The zero-order chi connectivity index (χ0) is 22.4. The second-order valence-electron chi connectivity index (χ2n) is 7.81. The molecule has 1 aromatic carbocycles. The largest absolute Gasteiger partial charge is 0.368 e. The van der Waals surface area contributed by atoms with Gasteiger partial charge in [-0.25, -0.2) is 10.5 Å². The highest BCUT2D eigenvalue weighted by atomic mass is 16.5. The van der Waals surface area contributed by atoms with Crippen LogP contribution in [0, 0.1) is 0 Å². The molecular formula is C24H28N4O3. The molecule has 1 aromatic heterocycles. The van der Waals surface area contributed by atoms with Crippen molar-refractivity contribution < 1.29 is 14.8 Å².